The molecule has 2 heterocycles. The lowest BCUT2D eigenvalue weighted by Gasteiger charge is -2.32. The lowest BCUT2D eigenvalue weighted by atomic mass is 10.0. The van der Waals surface area contributed by atoms with Gasteiger partial charge in [-0.25, -0.2) is 0 Å². The van der Waals surface area contributed by atoms with Gasteiger partial charge in [-0.1, -0.05) is 20.3 Å². The first-order chi connectivity index (χ1) is 9.65. The molecular weight excluding hydrogens is 252 g/mol. The van der Waals surface area contributed by atoms with Crippen molar-refractivity contribution >= 4 is 0 Å². The second-order valence-corrected chi connectivity index (χ2v) is 6.05. The Labute approximate surface area is 122 Å². The third-order valence-electron chi connectivity index (χ3n) is 3.88. The highest BCUT2D eigenvalue weighted by molar-refractivity contribution is 5.06. The summed E-state index contributed by atoms with van der Waals surface area (Å²) in [6.07, 6.45) is 3.89. The molecule has 1 aliphatic rings. The largest absolute Gasteiger partial charge is 0.462 e. The number of furan rings is 1. The number of nitrogens with one attached hydrogen (secondary N) is 1. The fourth-order valence-electron chi connectivity index (χ4n) is 2.55. The van der Waals surface area contributed by atoms with Crippen LogP contribution in [0.3, 0.4) is 0 Å². The highest BCUT2D eigenvalue weighted by Crippen LogP contribution is 2.16. The van der Waals surface area contributed by atoms with Crippen LogP contribution in [0.2, 0.25) is 0 Å². The van der Waals surface area contributed by atoms with Crippen molar-refractivity contribution in [1.29, 1.82) is 0 Å². The molecule has 0 amide bonds. The Balaban J connectivity index is 1.68. The zero-order valence-electron chi connectivity index (χ0n) is 13.0. The van der Waals surface area contributed by atoms with E-state index >= 15 is 0 Å². The van der Waals surface area contributed by atoms with Crippen LogP contribution in [0.15, 0.2) is 16.5 Å². The highest BCUT2D eigenvalue weighted by Gasteiger charge is 2.18. The van der Waals surface area contributed by atoms with E-state index in [4.69, 9.17) is 9.15 Å². The van der Waals surface area contributed by atoms with Gasteiger partial charge in [0.2, 0.25) is 0 Å². The zero-order valence-corrected chi connectivity index (χ0v) is 13.0. The van der Waals surface area contributed by atoms with E-state index in [0.717, 1.165) is 24.7 Å². The van der Waals surface area contributed by atoms with Gasteiger partial charge in [-0.05, 0) is 38.6 Å². The van der Waals surface area contributed by atoms with E-state index < -0.39 is 0 Å². The molecule has 0 spiro atoms. The molecule has 1 unspecified atom stereocenters. The maximum Gasteiger partial charge on any atom is 0.129 e. The van der Waals surface area contributed by atoms with Gasteiger partial charge in [0.25, 0.3) is 0 Å². The Kier molecular flexibility index (Phi) is 6.07. The van der Waals surface area contributed by atoms with E-state index in [1.54, 1.807) is 0 Å². The third-order valence-corrected chi connectivity index (χ3v) is 3.88. The van der Waals surface area contributed by atoms with Crippen LogP contribution in [0.1, 0.15) is 44.6 Å². The van der Waals surface area contributed by atoms with E-state index in [0.29, 0.717) is 18.7 Å². The first kappa shape index (κ1) is 15.5. The topological polar surface area (TPSA) is 37.6 Å². The lowest BCUT2D eigenvalue weighted by Crippen LogP contribution is -2.39. The quantitative estimate of drug-likeness (QED) is 0.833. The number of likely N-dealkylation sites (tertiary alicyclic amines) is 1. The van der Waals surface area contributed by atoms with Crippen molar-refractivity contribution in [3.63, 3.8) is 0 Å². The smallest absolute Gasteiger partial charge is 0.129 e. The number of ether oxygens (including phenoxy) is 1. The summed E-state index contributed by atoms with van der Waals surface area (Å²) < 4.78 is 11.6. The lowest BCUT2D eigenvalue weighted by molar-refractivity contribution is 0.0370. The molecule has 2 rings (SSSR count). The van der Waals surface area contributed by atoms with Gasteiger partial charge in [-0.15, -0.1) is 0 Å². The predicted molar refractivity (Wildman–Crippen MR) is 80.6 cm³/mol. The average Bonchev–Trinajstić information content (AvgIpc) is 2.87. The van der Waals surface area contributed by atoms with Crippen LogP contribution in [0.4, 0.5) is 0 Å². The summed E-state index contributed by atoms with van der Waals surface area (Å²) in [5, 5.41) is 3.35. The number of likely N-dealkylation sites (N-methyl/N-ethyl adjacent to an activating group) is 1. The van der Waals surface area contributed by atoms with Crippen molar-refractivity contribution in [3.05, 3.63) is 23.7 Å². The fourth-order valence-corrected chi connectivity index (χ4v) is 2.55. The van der Waals surface area contributed by atoms with E-state index in [9.17, 15) is 0 Å². The molecule has 1 N–H and O–H groups in total. The summed E-state index contributed by atoms with van der Waals surface area (Å²) >= 11 is 0. The Morgan fingerprint density at radius 1 is 1.35 bits per heavy atom. The maximum absolute atomic E-state index is 5.81. The summed E-state index contributed by atoms with van der Waals surface area (Å²) in [5.41, 5.74) is 0. The van der Waals surface area contributed by atoms with Crippen LogP contribution in [-0.4, -0.2) is 37.2 Å². The monoisotopic (exact) mass is 280 g/mol. The molecule has 0 radical (unpaired) electrons. The Bertz CT molecular complexity index is 390. The average molecular weight is 280 g/mol. The molecule has 1 aromatic rings. The first-order valence-electron chi connectivity index (χ1n) is 7.74. The van der Waals surface area contributed by atoms with Crippen molar-refractivity contribution in [2.45, 2.75) is 58.3 Å². The van der Waals surface area contributed by atoms with Crippen LogP contribution < -0.4 is 5.32 Å². The van der Waals surface area contributed by atoms with Crippen LogP contribution in [0.5, 0.6) is 0 Å². The molecular formula is C16H28N2O2. The molecule has 1 aliphatic heterocycles. The van der Waals surface area contributed by atoms with Gasteiger partial charge in [0, 0.05) is 12.1 Å². The number of hydrogen-bond acceptors (Lipinski definition) is 4. The van der Waals surface area contributed by atoms with Crippen LogP contribution >= 0.6 is 0 Å². The Morgan fingerprint density at radius 3 is 2.90 bits per heavy atom. The molecule has 1 atom stereocenters. The molecule has 0 saturated carbocycles. The zero-order chi connectivity index (χ0) is 14.4. The van der Waals surface area contributed by atoms with Crippen LogP contribution in [-0.2, 0) is 17.9 Å². The van der Waals surface area contributed by atoms with E-state index in [1.807, 2.05) is 12.1 Å². The minimum absolute atomic E-state index is 0.474. The number of piperidine rings is 1. The number of hydrogen-bond donors (Lipinski definition) is 1. The van der Waals surface area contributed by atoms with Crippen molar-refractivity contribution in [2.24, 2.45) is 0 Å². The summed E-state index contributed by atoms with van der Waals surface area (Å²) in [6.45, 7) is 7.62. The van der Waals surface area contributed by atoms with Gasteiger partial charge < -0.3 is 19.4 Å². The molecule has 1 fully saturated rings. The molecule has 0 aliphatic carbocycles. The molecule has 4 nitrogen and oxygen atoms in total. The van der Waals surface area contributed by atoms with Crippen molar-refractivity contribution in [2.75, 3.05) is 20.2 Å². The molecule has 1 aromatic heterocycles. The molecule has 114 valence electrons. The molecule has 1 saturated heterocycles. The van der Waals surface area contributed by atoms with E-state index in [-0.39, 0.29) is 0 Å². The normalized spacial score (nSPS) is 20.7. The summed E-state index contributed by atoms with van der Waals surface area (Å²) in [6, 6.07) is 5.09. The first-order valence-corrected chi connectivity index (χ1v) is 7.74. The van der Waals surface area contributed by atoms with Gasteiger partial charge in [0.1, 0.15) is 18.1 Å². The van der Waals surface area contributed by atoms with Crippen LogP contribution in [0.25, 0.3) is 0 Å². The molecule has 0 aromatic carbocycles. The second-order valence-electron chi connectivity index (χ2n) is 6.05. The maximum atomic E-state index is 5.81. The molecule has 4 heteroatoms. The predicted octanol–water partition coefficient (Wildman–Crippen LogP) is 2.78. The molecule has 20 heavy (non-hydrogen) atoms. The van der Waals surface area contributed by atoms with Crippen LogP contribution in [0, 0.1) is 0 Å². The standard InChI is InChI=1S/C16H28N2O2/c1-13(2)17-10-15-7-8-16(20-15)12-19-11-14-6-4-5-9-18(14)3/h7-8,13-14,17H,4-6,9-12H2,1-3H3. The number of nitrogens with zero attached hydrogens (tertiary/aromatic N) is 1. The van der Waals surface area contributed by atoms with E-state index in [2.05, 4.69) is 31.1 Å². The van der Waals surface area contributed by atoms with Crippen molar-refractivity contribution in [1.82, 2.24) is 10.2 Å². The second kappa shape index (κ2) is 7.81. The summed E-state index contributed by atoms with van der Waals surface area (Å²) in [5.74, 6) is 1.90. The molecule has 0 bridgehead atoms. The third kappa shape index (κ3) is 4.93. The Morgan fingerprint density at radius 2 is 2.15 bits per heavy atom. The minimum atomic E-state index is 0.474. The summed E-state index contributed by atoms with van der Waals surface area (Å²) in [7, 11) is 2.19. The highest BCUT2D eigenvalue weighted by atomic mass is 16.5. The van der Waals surface area contributed by atoms with Gasteiger partial charge in [-0.3, -0.25) is 0 Å². The van der Waals surface area contributed by atoms with E-state index in [1.165, 1.54) is 25.8 Å². The fraction of sp³-hybridized carbons (Fsp3) is 0.750. The SMILES string of the molecule is CC(C)NCc1ccc(COCC2CCCCN2C)o1. The van der Waals surface area contributed by atoms with Crippen molar-refractivity contribution < 1.29 is 9.15 Å². The van der Waals surface area contributed by atoms with Gasteiger partial charge in [0.05, 0.1) is 13.2 Å². The summed E-state index contributed by atoms with van der Waals surface area (Å²) in [4.78, 5) is 2.41. The Hall–Kier alpha value is -0.840. The number of rotatable bonds is 7. The van der Waals surface area contributed by atoms with Gasteiger partial charge in [0.15, 0.2) is 0 Å². The van der Waals surface area contributed by atoms with Gasteiger partial charge >= 0.3 is 0 Å². The van der Waals surface area contributed by atoms with Crippen molar-refractivity contribution in [3.8, 4) is 0 Å². The minimum Gasteiger partial charge on any atom is -0.462 e. The van der Waals surface area contributed by atoms with Gasteiger partial charge in [-0.2, -0.15) is 0 Å².